The number of hydrogen-bond donors (Lipinski definition) is 3. The molecule has 1 aliphatic rings. The van der Waals surface area contributed by atoms with Gasteiger partial charge in [-0.3, -0.25) is 15.2 Å². The summed E-state index contributed by atoms with van der Waals surface area (Å²) in [7, 11) is 2.90. The van der Waals surface area contributed by atoms with E-state index < -0.39 is 11.7 Å². The van der Waals surface area contributed by atoms with Gasteiger partial charge in [0.2, 0.25) is 0 Å². The first-order valence-electron chi connectivity index (χ1n) is 9.36. The summed E-state index contributed by atoms with van der Waals surface area (Å²) in [5.41, 5.74) is 9.97. The number of benzene rings is 2. The molecule has 0 aromatic heterocycles. The minimum Gasteiger partial charge on any atom is -0.497 e. The number of likely N-dealkylation sites (N-methyl/N-ethyl adjacent to an activating group) is 1. The van der Waals surface area contributed by atoms with Crippen LogP contribution in [-0.4, -0.2) is 31.6 Å². The minimum absolute atomic E-state index is 0.0206. The van der Waals surface area contributed by atoms with Gasteiger partial charge in [0.1, 0.15) is 11.4 Å². The molecule has 2 aromatic rings. The monoisotopic (exact) mass is 420 g/mol. The molecule has 0 saturated carbocycles. The molecule has 0 radical (unpaired) electrons. The molecule has 0 unspecified atom stereocenters. The second kappa shape index (κ2) is 8.17. The van der Waals surface area contributed by atoms with Crippen LogP contribution in [0.2, 0.25) is 0 Å². The maximum Gasteiger partial charge on any atom is 0.417 e. The molecular weight excluding hydrogens is 397 g/mol. The zero-order chi connectivity index (χ0) is 22.1. The first-order valence-corrected chi connectivity index (χ1v) is 9.36. The SMILES string of the molecule is CCCNC(=O)C1=C(N)c2cccc(-c3ccc(OC)cc3C(F)(F)F)c2NN1C. The maximum absolute atomic E-state index is 13.7. The van der Waals surface area contributed by atoms with Crippen LogP contribution in [0.3, 0.4) is 0 Å². The van der Waals surface area contributed by atoms with E-state index in [2.05, 4.69) is 10.7 Å². The van der Waals surface area contributed by atoms with Gasteiger partial charge in [-0.15, -0.1) is 0 Å². The number of alkyl halides is 3. The van der Waals surface area contributed by atoms with Gasteiger partial charge < -0.3 is 15.8 Å². The number of halogens is 3. The number of methoxy groups -OCH3 is 1. The van der Waals surface area contributed by atoms with Crippen molar-refractivity contribution in [1.82, 2.24) is 10.3 Å². The predicted molar refractivity (Wildman–Crippen MR) is 109 cm³/mol. The highest BCUT2D eigenvalue weighted by molar-refractivity contribution is 6.04. The van der Waals surface area contributed by atoms with Crippen molar-refractivity contribution in [2.24, 2.45) is 5.73 Å². The molecule has 0 fully saturated rings. The van der Waals surface area contributed by atoms with E-state index >= 15 is 0 Å². The lowest BCUT2D eigenvalue weighted by Gasteiger charge is -2.33. The van der Waals surface area contributed by atoms with Crippen molar-refractivity contribution in [3.05, 3.63) is 53.2 Å². The van der Waals surface area contributed by atoms with Gasteiger partial charge in [0, 0.05) is 24.7 Å². The molecule has 0 spiro atoms. The Bertz CT molecular complexity index is 1000. The summed E-state index contributed by atoms with van der Waals surface area (Å²) in [6, 6.07) is 8.65. The number of hydrazine groups is 1. The lowest BCUT2D eigenvalue weighted by molar-refractivity contribution is -0.137. The van der Waals surface area contributed by atoms with Crippen LogP contribution in [0.25, 0.3) is 16.8 Å². The maximum atomic E-state index is 13.7. The van der Waals surface area contributed by atoms with Crippen molar-refractivity contribution in [2.75, 3.05) is 26.1 Å². The molecular formula is C21H23F3N4O2. The van der Waals surface area contributed by atoms with Crippen LogP contribution in [0.4, 0.5) is 18.9 Å². The van der Waals surface area contributed by atoms with Gasteiger partial charge in [-0.25, -0.2) is 0 Å². The van der Waals surface area contributed by atoms with Crippen molar-refractivity contribution >= 4 is 17.3 Å². The summed E-state index contributed by atoms with van der Waals surface area (Å²) in [5.74, 6) is -0.254. The number of nitrogens with zero attached hydrogens (tertiary/aromatic N) is 1. The molecule has 1 heterocycles. The topological polar surface area (TPSA) is 79.6 Å². The Hall–Kier alpha value is -3.36. The van der Waals surface area contributed by atoms with E-state index in [0.717, 1.165) is 12.5 Å². The van der Waals surface area contributed by atoms with Gasteiger partial charge >= 0.3 is 6.18 Å². The standard InChI is InChI=1S/C21H23F3N4O2/c1-4-10-26-20(29)19-17(25)15-7-5-6-14(18(15)27-28(19)2)13-9-8-12(30-3)11-16(13)21(22,23)24/h5-9,11,27H,4,10,25H2,1-3H3,(H,26,29). The highest BCUT2D eigenvalue weighted by atomic mass is 19.4. The van der Waals surface area contributed by atoms with E-state index in [9.17, 15) is 18.0 Å². The Morgan fingerprint density at radius 2 is 1.90 bits per heavy atom. The smallest absolute Gasteiger partial charge is 0.417 e. The van der Waals surface area contributed by atoms with Gasteiger partial charge in [0.05, 0.1) is 24.1 Å². The molecule has 9 heteroatoms. The molecule has 0 bridgehead atoms. The Balaban J connectivity index is 2.17. The number of nitrogens with one attached hydrogen (secondary N) is 2. The van der Waals surface area contributed by atoms with Crippen molar-refractivity contribution in [2.45, 2.75) is 19.5 Å². The average molecular weight is 420 g/mol. The highest BCUT2D eigenvalue weighted by Gasteiger charge is 2.36. The van der Waals surface area contributed by atoms with Crippen LogP contribution in [0.1, 0.15) is 24.5 Å². The Morgan fingerprint density at radius 3 is 2.53 bits per heavy atom. The van der Waals surface area contributed by atoms with Crippen molar-refractivity contribution in [3.63, 3.8) is 0 Å². The molecule has 1 aliphatic heterocycles. The number of rotatable bonds is 5. The number of anilines is 1. The summed E-state index contributed by atoms with van der Waals surface area (Å²) in [6.45, 7) is 2.41. The van der Waals surface area contributed by atoms with Gasteiger partial charge in [-0.2, -0.15) is 13.2 Å². The van der Waals surface area contributed by atoms with Crippen molar-refractivity contribution in [1.29, 1.82) is 0 Å². The zero-order valence-corrected chi connectivity index (χ0v) is 16.9. The molecule has 1 amide bonds. The fourth-order valence-electron chi connectivity index (χ4n) is 3.37. The first kappa shape index (κ1) is 21.4. The number of hydrogen-bond acceptors (Lipinski definition) is 5. The molecule has 4 N–H and O–H groups in total. The van der Waals surface area contributed by atoms with Gasteiger partial charge in [0.15, 0.2) is 0 Å². The molecule has 160 valence electrons. The third kappa shape index (κ3) is 3.87. The fraction of sp³-hybridized carbons (Fsp3) is 0.286. The van der Waals surface area contributed by atoms with E-state index in [1.165, 1.54) is 24.3 Å². The van der Waals surface area contributed by atoms with Gasteiger partial charge in [-0.1, -0.05) is 31.2 Å². The third-order valence-electron chi connectivity index (χ3n) is 4.80. The number of para-hydroxylation sites is 1. The van der Waals surface area contributed by atoms with Gasteiger partial charge in [0.25, 0.3) is 5.91 Å². The van der Waals surface area contributed by atoms with Crippen molar-refractivity contribution < 1.29 is 22.7 Å². The van der Waals surface area contributed by atoms with Crippen LogP contribution in [0.5, 0.6) is 5.75 Å². The first-order chi connectivity index (χ1) is 14.2. The zero-order valence-electron chi connectivity index (χ0n) is 16.9. The summed E-state index contributed by atoms with van der Waals surface area (Å²) in [4.78, 5) is 12.5. The summed E-state index contributed by atoms with van der Waals surface area (Å²) in [6.07, 6.45) is -3.83. The lowest BCUT2D eigenvalue weighted by Crippen LogP contribution is -2.40. The number of amides is 1. The number of ether oxygens (including phenoxy) is 1. The molecule has 30 heavy (non-hydrogen) atoms. The lowest BCUT2D eigenvalue weighted by atomic mass is 9.93. The molecule has 6 nitrogen and oxygen atoms in total. The second-order valence-corrected chi connectivity index (χ2v) is 6.83. The van der Waals surface area contributed by atoms with Crippen molar-refractivity contribution in [3.8, 4) is 16.9 Å². The Kier molecular flexibility index (Phi) is 5.82. The number of carbonyl (C=O) groups excluding carboxylic acids is 1. The van der Waals surface area contributed by atoms with Gasteiger partial charge in [-0.05, 0) is 24.1 Å². The molecule has 2 aromatic carbocycles. The largest absolute Gasteiger partial charge is 0.497 e. The van der Waals surface area contributed by atoms with Crippen LogP contribution < -0.4 is 21.2 Å². The number of carbonyl (C=O) groups is 1. The minimum atomic E-state index is -4.58. The van der Waals surface area contributed by atoms with Crippen LogP contribution in [-0.2, 0) is 11.0 Å². The summed E-state index contributed by atoms with van der Waals surface area (Å²) < 4.78 is 46.2. The second-order valence-electron chi connectivity index (χ2n) is 6.83. The summed E-state index contributed by atoms with van der Waals surface area (Å²) >= 11 is 0. The van der Waals surface area contributed by atoms with E-state index in [1.54, 1.807) is 25.2 Å². The Labute approximate surface area is 172 Å². The Morgan fingerprint density at radius 1 is 1.20 bits per heavy atom. The molecule has 0 saturated heterocycles. The highest BCUT2D eigenvalue weighted by Crippen LogP contribution is 2.44. The van der Waals surface area contributed by atoms with E-state index in [4.69, 9.17) is 10.5 Å². The van der Waals surface area contributed by atoms with Crippen LogP contribution in [0, 0.1) is 0 Å². The molecule has 0 aliphatic carbocycles. The fourth-order valence-corrected chi connectivity index (χ4v) is 3.37. The molecule has 0 atom stereocenters. The van der Waals surface area contributed by atoms with E-state index in [-0.39, 0.29) is 28.6 Å². The number of fused-ring (bicyclic) bond motifs is 1. The third-order valence-corrected chi connectivity index (χ3v) is 4.80. The van der Waals surface area contributed by atoms with Crippen LogP contribution >= 0.6 is 0 Å². The normalized spacial score (nSPS) is 13.6. The molecule has 3 rings (SSSR count). The van der Waals surface area contributed by atoms with Crippen LogP contribution in [0.15, 0.2) is 42.1 Å². The van der Waals surface area contributed by atoms with E-state index in [1.807, 2.05) is 6.92 Å². The number of nitrogens with two attached hydrogens (primary N) is 1. The van der Waals surface area contributed by atoms with E-state index in [0.29, 0.717) is 23.4 Å². The predicted octanol–water partition coefficient (Wildman–Crippen LogP) is 3.81. The summed E-state index contributed by atoms with van der Waals surface area (Å²) in [5, 5.41) is 4.18. The average Bonchev–Trinajstić information content (AvgIpc) is 2.70. The quantitative estimate of drug-likeness (QED) is 0.686.